The van der Waals surface area contributed by atoms with Gasteiger partial charge in [0.05, 0.1) is 4.76 Å². The largest absolute Gasteiger partial charge is 0.313 e. The van der Waals surface area contributed by atoms with Gasteiger partial charge in [0.25, 0.3) is 5.70 Å². The molecule has 4 nitrogen and oxygen atoms in total. The fraction of sp³-hybridized carbons (Fsp3) is 0.818. The molecule has 1 fully saturated rings. The van der Waals surface area contributed by atoms with Crippen molar-refractivity contribution in [1.82, 2.24) is 5.06 Å². The summed E-state index contributed by atoms with van der Waals surface area (Å²) in [5.74, 6) is 0. The molecular formula is C11H17N2O2+. The predicted molar refractivity (Wildman–Crippen MR) is 53.9 cm³/mol. The van der Waals surface area contributed by atoms with Crippen LogP contribution in [0.2, 0.25) is 0 Å². The van der Waals surface area contributed by atoms with Gasteiger partial charge in [0, 0.05) is 24.2 Å². The molecule has 0 radical (unpaired) electrons. The van der Waals surface area contributed by atoms with Crippen LogP contribution in [0.25, 0.3) is 0 Å². The molecule has 3 rings (SSSR count). The Kier molecular flexibility index (Phi) is 1.89. The minimum Gasteiger partial charge on any atom is -0.282 e. The van der Waals surface area contributed by atoms with Crippen molar-refractivity contribution in [2.75, 3.05) is 0 Å². The number of nitrogens with zero attached hydrogens (tertiary/aromatic N) is 2. The highest BCUT2D eigenvalue weighted by atomic mass is 16.5. The topological polar surface area (TPSA) is 43.5 Å². The van der Waals surface area contributed by atoms with Crippen LogP contribution in [0.3, 0.4) is 0 Å². The Morgan fingerprint density at radius 3 is 2.47 bits per heavy atom. The Balaban J connectivity index is 2.01. The summed E-state index contributed by atoms with van der Waals surface area (Å²) in [5.41, 5.74) is 1.14. The van der Waals surface area contributed by atoms with Gasteiger partial charge in [-0.15, -0.1) is 0 Å². The Morgan fingerprint density at radius 1 is 1.13 bits per heavy atom. The van der Waals surface area contributed by atoms with Gasteiger partial charge in [-0.25, -0.2) is 0 Å². The van der Waals surface area contributed by atoms with Gasteiger partial charge in [0.15, 0.2) is 0 Å². The van der Waals surface area contributed by atoms with E-state index >= 15 is 0 Å². The summed E-state index contributed by atoms with van der Waals surface area (Å²) in [6.07, 6.45) is 7.61. The zero-order chi connectivity index (χ0) is 10.5. The second-order valence-electron chi connectivity index (χ2n) is 4.90. The van der Waals surface area contributed by atoms with Crippen molar-refractivity contribution in [3.63, 3.8) is 0 Å². The van der Waals surface area contributed by atoms with E-state index in [1.807, 2.05) is 0 Å². The Labute approximate surface area is 89.1 Å². The summed E-state index contributed by atoms with van der Waals surface area (Å²) in [4.78, 5) is 12.2. The maximum Gasteiger partial charge on any atom is 0.313 e. The number of hydrogen-bond donors (Lipinski definition) is 1. The van der Waals surface area contributed by atoms with E-state index in [0.717, 1.165) is 67.5 Å². The van der Waals surface area contributed by atoms with Crippen LogP contribution in [-0.4, -0.2) is 20.7 Å². The number of allylic oxidation sites excluding steroid dienone is 2. The van der Waals surface area contributed by atoms with Crippen molar-refractivity contribution in [2.24, 2.45) is 0 Å². The summed E-state index contributed by atoms with van der Waals surface area (Å²) in [6, 6.07) is 0. The van der Waals surface area contributed by atoms with Crippen molar-refractivity contribution in [1.29, 1.82) is 0 Å². The molecule has 4 heteroatoms. The SMILES string of the molecule is O=[N+]1C2=C(CCCC2)N(O)C12CCCC2. The highest BCUT2D eigenvalue weighted by molar-refractivity contribution is 5.16. The smallest absolute Gasteiger partial charge is 0.282 e. The molecule has 2 aliphatic carbocycles. The van der Waals surface area contributed by atoms with E-state index in [9.17, 15) is 10.1 Å². The van der Waals surface area contributed by atoms with E-state index < -0.39 is 5.66 Å². The van der Waals surface area contributed by atoms with Crippen molar-refractivity contribution < 1.29 is 9.97 Å². The van der Waals surface area contributed by atoms with Crippen LogP contribution in [0, 0.1) is 4.91 Å². The minimum atomic E-state index is -0.616. The van der Waals surface area contributed by atoms with E-state index in [4.69, 9.17) is 0 Å². The summed E-state index contributed by atoms with van der Waals surface area (Å²) in [6.45, 7) is 0. The van der Waals surface area contributed by atoms with Crippen molar-refractivity contribution >= 4 is 0 Å². The van der Waals surface area contributed by atoms with E-state index in [-0.39, 0.29) is 0 Å². The second kappa shape index (κ2) is 3.04. The van der Waals surface area contributed by atoms with E-state index in [1.165, 1.54) is 5.06 Å². The lowest BCUT2D eigenvalue weighted by molar-refractivity contribution is -0.613. The van der Waals surface area contributed by atoms with Gasteiger partial charge in [-0.3, -0.25) is 5.21 Å². The normalized spacial score (nSPS) is 29.1. The van der Waals surface area contributed by atoms with Crippen LogP contribution in [0.5, 0.6) is 0 Å². The first-order valence-electron chi connectivity index (χ1n) is 5.94. The third-order valence-corrected chi connectivity index (χ3v) is 4.09. The molecule has 0 amide bonds. The minimum absolute atomic E-state index is 0.616. The average Bonchev–Trinajstić information content (AvgIpc) is 2.83. The summed E-state index contributed by atoms with van der Waals surface area (Å²) in [5, 5.41) is 11.5. The zero-order valence-electron chi connectivity index (χ0n) is 8.91. The van der Waals surface area contributed by atoms with Crippen molar-refractivity contribution in [3.8, 4) is 0 Å². The van der Waals surface area contributed by atoms with Crippen LogP contribution in [0.4, 0.5) is 0 Å². The van der Waals surface area contributed by atoms with Gasteiger partial charge < -0.3 is 0 Å². The molecule has 0 saturated heterocycles. The monoisotopic (exact) mass is 209 g/mol. The Hall–Kier alpha value is -0.900. The molecule has 1 heterocycles. The van der Waals surface area contributed by atoms with Gasteiger partial charge in [0.1, 0.15) is 5.70 Å². The highest BCUT2D eigenvalue weighted by Crippen LogP contribution is 2.47. The highest BCUT2D eigenvalue weighted by Gasteiger charge is 2.62. The average molecular weight is 209 g/mol. The molecule has 0 unspecified atom stereocenters. The van der Waals surface area contributed by atoms with Crippen LogP contribution in [0.1, 0.15) is 51.4 Å². The summed E-state index contributed by atoms with van der Waals surface area (Å²) < 4.78 is 1.12. The lowest BCUT2D eigenvalue weighted by atomic mass is 10.0. The molecule has 0 bridgehead atoms. The standard InChI is InChI=1S/C11H17N2O2/c14-12-9-5-1-2-6-10(9)13(15)11(12)7-3-4-8-11/h14H,1-8H2/q+1. The molecule has 1 aliphatic heterocycles. The van der Waals surface area contributed by atoms with Crippen molar-refractivity contribution in [2.45, 2.75) is 57.0 Å². The van der Waals surface area contributed by atoms with Gasteiger partial charge in [-0.1, -0.05) is 0 Å². The maximum atomic E-state index is 12.2. The molecule has 0 atom stereocenters. The molecule has 0 aromatic rings. The molecule has 0 aromatic heterocycles. The number of rotatable bonds is 0. The fourth-order valence-electron chi connectivity index (χ4n) is 3.26. The number of nitroso groups, excluding NO2 is 1. The molecule has 1 N–H and O–H groups in total. The van der Waals surface area contributed by atoms with Crippen LogP contribution >= 0.6 is 0 Å². The third kappa shape index (κ3) is 1.06. The maximum absolute atomic E-state index is 12.2. The molecule has 1 spiro atoms. The summed E-state index contributed by atoms with van der Waals surface area (Å²) >= 11 is 0. The lowest BCUT2D eigenvalue weighted by Crippen LogP contribution is -2.46. The van der Waals surface area contributed by atoms with Gasteiger partial charge >= 0.3 is 5.66 Å². The second-order valence-corrected chi connectivity index (χ2v) is 4.90. The lowest BCUT2D eigenvalue weighted by Gasteiger charge is -2.23. The van der Waals surface area contributed by atoms with Crippen molar-refractivity contribution in [3.05, 3.63) is 16.3 Å². The van der Waals surface area contributed by atoms with E-state index in [2.05, 4.69) is 0 Å². The first kappa shape index (κ1) is 9.33. The van der Waals surface area contributed by atoms with Crippen LogP contribution < -0.4 is 0 Å². The molecule has 1 saturated carbocycles. The molecule has 15 heavy (non-hydrogen) atoms. The van der Waals surface area contributed by atoms with E-state index in [0.29, 0.717) is 0 Å². The Bertz CT molecular complexity index is 342. The zero-order valence-corrected chi connectivity index (χ0v) is 8.91. The molecule has 82 valence electrons. The predicted octanol–water partition coefficient (Wildman–Crippen LogP) is 2.53. The first-order valence-corrected chi connectivity index (χ1v) is 5.94. The van der Waals surface area contributed by atoms with E-state index in [1.54, 1.807) is 0 Å². The van der Waals surface area contributed by atoms with Gasteiger partial charge in [-0.05, 0) is 32.1 Å². The van der Waals surface area contributed by atoms with Crippen LogP contribution in [0.15, 0.2) is 11.4 Å². The van der Waals surface area contributed by atoms with Gasteiger partial charge in [-0.2, -0.15) is 5.06 Å². The van der Waals surface area contributed by atoms with Crippen LogP contribution in [-0.2, 0) is 0 Å². The quantitative estimate of drug-likeness (QED) is 0.623. The summed E-state index contributed by atoms with van der Waals surface area (Å²) in [7, 11) is 0. The fourth-order valence-corrected chi connectivity index (χ4v) is 3.26. The molecule has 3 aliphatic rings. The molecular weight excluding hydrogens is 192 g/mol. The first-order chi connectivity index (χ1) is 7.26. The van der Waals surface area contributed by atoms with Gasteiger partial charge in [0.2, 0.25) is 0 Å². The number of hydroxylamine groups is 2. The molecule has 0 aromatic carbocycles. The third-order valence-electron chi connectivity index (χ3n) is 4.09. The Morgan fingerprint density at radius 2 is 1.80 bits per heavy atom. The number of hydrogen-bond acceptors (Lipinski definition) is 3.